The summed E-state index contributed by atoms with van der Waals surface area (Å²) >= 11 is 0. The van der Waals surface area contributed by atoms with Gasteiger partial charge in [0.1, 0.15) is 11.5 Å². The number of nitrogens with zero attached hydrogens (tertiary/aromatic N) is 1. The van der Waals surface area contributed by atoms with Crippen LogP contribution in [0.5, 0.6) is 11.5 Å². The molecule has 26 heavy (non-hydrogen) atoms. The van der Waals surface area contributed by atoms with Crippen LogP contribution in [0, 0.1) is 0 Å². The third-order valence-electron chi connectivity index (χ3n) is 4.41. The zero-order valence-electron chi connectivity index (χ0n) is 14.7. The van der Waals surface area contributed by atoms with Crippen molar-refractivity contribution in [3.05, 3.63) is 72.2 Å². The number of nitrogens with two attached hydrogens (primary N) is 2. The van der Waals surface area contributed by atoms with Crippen molar-refractivity contribution in [3.8, 4) is 22.8 Å². The lowest BCUT2D eigenvalue weighted by Gasteiger charge is -2.20. The molecule has 2 aromatic rings. The second-order valence-corrected chi connectivity index (χ2v) is 6.16. The molecule has 0 radical (unpaired) electrons. The van der Waals surface area contributed by atoms with E-state index < -0.39 is 0 Å². The van der Waals surface area contributed by atoms with Gasteiger partial charge in [-0.15, -0.1) is 0 Å². The van der Waals surface area contributed by atoms with Crippen LogP contribution in [0.2, 0.25) is 0 Å². The first-order chi connectivity index (χ1) is 12.5. The molecule has 5 nitrogen and oxygen atoms in total. The van der Waals surface area contributed by atoms with Gasteiger partial charge < -0.3 is 26.2 Å². The molecule has 1 aliphatic carbocycles. The Morgan fingerprint density at radius 2 is 1.92 bits per heavy atom. The fourth-order valence-corrected chi connectivity index (χ4v) is 3.15. The number of allylic oxidation sites excluding steroid dienone is 7. The molecule has 0 bridgehead atoms. The molecule has 3 rings (SSSR count). The van der Waals surface area contributed by atoms with E-state index >= 15 is 0 Å². The highest BCUT2D eigenvalue weighted by Crippen LogP contribution is 2.38. The second-order valence-electron chi connectivity index (χ2n) is 6.16. The van der Waals surface area contributed by atoms with Crippen molar-refractivity contribution in [2.45, 2.75) is 19.8 Å². The molecule has 0 unspecified atom stereocenters. The summed E-state index contributed by atoms with van der Waals surface area (Å²) in [5, 5.41) is 19.9. The van der Waals surface area contributed by atoms with E-state index in [2.05, 4.69) is 4.57 Å². The summed E-state index contributed by atoms with van der Waals surface area (Å²) in [6.45, 7) is 1.94. The Kier molecular flexibility index (Phi) is 4.89. The Bertz CT molecular complexity index is 946. The standard InChI is InChI=1S/C21H23N3O2/c1-2-3-14(13-22)19-10-11-20(18-9-8-17(25)12-21(18)26)24(19)16-6-4-15(23)5-7-16/h2-4,6,8-13,25-26H,5,7,22-23H2,1H3/b3-2-,14-13+. The monoisotopic (exact) mass is 349 g/mol. The molecule has 134 valence electrons. The third-order valence-corrected chi connectivity index (χ3v) is 4.41. The minimum Gasteiger partial charge on any atom is -0.508 e. The first-order valence-electron chi connectivity index (χ1n) is 8.49. The van der Waals surface area contributed by atoms with E-state index in [1.807, 2.05) is 43.4 Å². The predicted molar refractivity (Wildman–Crippen MR) is 106 cm³/mol. The summed E-state index contributed by atoms with van der Waals surface area (Å²) in [5.41, 5.74) is 16.9. The van der Waals surface area contributed by atoms with Gasteiger partial charge in [-0.3, -0.25) is 0 Å². The molecule has 1 heterocycles. The molecule has 0 saturated heterocycles. The Morgan fingerprint density at radius 3 is 2.54 bits per heavy atom. The van der Waals surface area contributed by atoms with E-state index in [1.165, 1.54) is 6.07 Å². The lowest BCUT2D eigenvalue weighted by Crippen LogP contribution is -2.09. The molecule has 1 aromatic heterocycles. The minimum atomic E-state index is 0.0201. The summed E-state index contributed by atoms with van der Waals surface area (Å²) in [7, 11) is 0. The van der Waals surface area contributed by atoms with Gasteiger partial charge in [0.05, 0.1) is 11.4 Å². The van der Waals surface area contributed by atoms with Crippen LogP contribution in [-0.4, -0.2) is 14.8 Å². The van der Waals surface area contributed by atoms with Crippen LogP contribution in [0.3, 0.4) is 0 Å². The minimum absolute atomic E-state index is 0.0201. The van der Waals surface area contributed by atoms with Gasteiger partial charge in [-0.1, -0.05) is 12.2 Å². The SMILES string of the molecule is C/C=C\C(=C/N)c1ccc(-c2ccc(O)cc2O)n1C1=CC=C(N)CC1. The highest BCUT2D eigenvalue weighted by molar-refractivity contribution is 5.81. The van der Waals surface area contributed by atoms with Crippen molar-refractivity contribution >= 4 is 11.3 Å². The molecule has 5 heteroatoms. The van der Waals surface area contributed by atoms with Crippen LogP contribution in [-0.2, 0) is 0 Å². The normalized spacial score (nSPS) is 15.2. The molecule has 0 saturated carbocycles. The lowest BCUT2D eigenvalue weighted by atomic mass is 10.1. The molecule has 6 N–H and O–H groups in total. The molecule has 1 aliphatic rings. The molecule has 1 aromatic carbocycles. The van der Waals surface area contributed by atoms with Crippen LogP contribution >= 0.6 is 0 Å². The van der Waals surface area contributed by atoms with Gasteiger partial charge in [0.25, 0.3) is 0 Å². The summed E-state index contributed by atoms with van der Waals surface area (Å²) in [4.78, 5) is 0. The summed E-state index contributed by atoms with van der Waals surface area (Å²) in [6, 6.07) is 8.52. The largest absolute Gasteiger partial charge is 0.508 e. The molecular weight excluding hydrogens is 326 g/mol. The highest BCUT2D eigenvalue weighted by atomic mass is 16.3. The molecule has 0 fully saturated rings. The van der Waals surface area contributed by atoms with Gasteiger partial charge in [0.2, 0.25) is 0 Å². The zero-order valence-corrected chi connectivity index (χ0v) is 14.7. The van der Waals surface area contributed by atoms with E-state index in [-0.39, 0.29) is 11.5 Å². The summed E-state index contributed by atoms with van der Waals surface area (Å²) in [5.74, 6) is 0.0419. The van der Waals surface area contributed by atoms with Crippen LogP contribution < -0.4 is 11.5 Å². The van der Waals surface area contributed by atoms with Crippen LogP contribution in [0.25, 0.3) is 22.5 Å². The topological polar surface area (TPSA) is 97.4 Å². The molecule has 0 atom stereocenters. The molecule has 0 aliphatic heterocycles. The average Bonchev–Trinajstić information content (AvgIpc) is 3.05. The summed E-state index contributed by atoms with van der Waals surface area (Å²) < 4.78 is 2.08. The van der Waals surface area contributed by atoms with E-state index in [0.29, 0.717) is 5.56 Å². The van der Waals surface area contributed by atoms with Gasteiger partial charge in [-0.05, 0) is 56.2 Å². The van der Waals surface area contributed by atoms with E-state index in [1.54, 1.807) is 18.3 Å². The Labute approximate surface area is 152 Å². The van der Waals surface area contributed by atoms with Gasteiger partial charge in [0.15, 0.2) is 0 Å². The van der Waals surface area contributed by atoms with Crippen LogP contribution in [0.15, 0.2) is 66.5 Å². The fourth-order valence-electron chi connectivity index (χ4n) is 3.15. The first-order valence-corrected chi connectivity index (χ1v) is 8.49. The smallest absolute Gasteiger partial charge is 0.128 e. The molecule has 0 amide bonds. The maximum absolute atomic E-state index is 10.3. The zero-order chi connectivity index (χ0) is 18.7. The summed E-state index contributed by atoms with van der Waals surface area (Å²) in [6.07, 6.45) is 10.9. The van der Waals surface area contributed by atoms with Crippen molar-refractivity contribution < 1.29 is 10.2 Å². The maximum atomic E-state index is 10.3. The predicted octanol–water partition coefficient (Wildman–Crippen LogP) is 3.92. The number of phenolic OH excluding ortho intramolecular Hbond substituents is 2. The highest BCUT2D eigenvalue weighted by Gasteiger charge is 2.19. The number of phenols is 2. The second kappa shape index (κ2) is 7.27. The van der Waals surface area contributed by atoms with Crippen LogP contribution in [0.4, 0.5) is 0 Å². The number of benzene rings is 1. The third kappa shape index (κ3) is 3.24. The number of aromatic hydroxyl groups is 2. The maximum Gasteiger partial charge on any atom is 0.128 e. The first kappa shape index (κ1) is 17.5. The number of hydrogen-bond acceptors (Lipinski definition) is 4. The number of aromatic nitrogens is 1. The van der Waals surface area contributed by atoms with E-state index in [0.717, 1.165) is 41.2 Å². The molecule has 0 spiro atoms. The van der Waals surface area contributed by atoms with Crippen LogP contribution in [0.1, 0.15) is 25.5 Å². The van der Waals surface area contributed by atoms with Crippen molar-refractivity contribution in [1.82, 2.24) is 4.57 Å². The lowest BCUT2D eigenvalue weighted by molar-refractivity contribution is 0.451. The van der Waals surface area contributed by atoms with Gasteiger partial charge in [-0.2, -0.15) is 0 Å². The average molecular weight is 349 g/mol. The van der Waals surface area contributed by atoms with Crippen molar-refractivity contribution in [2.75, 3.05) is 0 Å². The molecular formula is C21H23N3O2. The van der Waals surface area contributed by atoms with Crippen molar-refractivity contribution in [2.24, 2.45) is 11.5 Å². The fraction of sp³-hybridized carbons (Fsp3) is 0.143. The number of hydrogen-bond donors (Lipinski definition) is 4. The van der Waals surface area contributed by atoms with E-state index in [9.17, 15) is 10.2 Å². The number of rotatable bonds is 4. The van der Waals surface area contributed by atoms with Gasteiger partial charge in [0, 0.05) is 34.8 Å². The Balaban J connectivity index is 2.24. The van der Waals surface area contributed by atoms with E-state index in [4.69, 9.17) is 11.5 Å². The quantitative estimate of drug-likeness (QED) is 0.629. The Hall–Kier alpha value is -3.34. The van der Waals surface area contributed by atoms with Crippen molar-refractivity contribution in [3.63, 3.8) is 0 Å². The van der Waals surface area contributed by atoms with Crippen molar-refractivity contribution in [1.29, 1.82) is 0 Å². The van der Waals surface area contributed by atoms with Gasteiger partial charge in [-0.25, -0.2) is 0 Å². The Morgan fingerprint density at radius 1 is 1.12 bits per heavy atom. The van der Waals surface area contributed by atoms with Gasteiger partial charge >= 0.3 is 0 Å².